The molecule has 2 aromatic carbocycles. The van der Waals surface area contributed by atoms with Gasteiger partial charge in [-0.2, -0.15) is 13.2 Å². The zero-order chi connectivity index (χ0) is 21.2. The highest BCUT2D eigenvalue weighted by atomic mass is 19.4. The van der Waals surface area contributed by atoms with Crippen molar-refractivity contribution in [3.8, 4) is 0 Å². The smallest absolute Gasteiger partial charge is 0.346 e. The molecule has 0 radical (unpaired) electrons. The van der Waals surface area contributed by atoms with Crippen molar-refractivity contribution in [2.45, 2.75) is 31.1 Å². The van der Waals surface area contributed by atoms with Crippen LogP contribution in [0.1, 0.15) is 39.9 Å². The molecule has 2 N–H and O–H groups in total. The van der Waals surface area contributed by atoms with Crippen LogP contribution < -0.4 is 10.6 Å². The Kier molecular flexibility index (Phi) is 5.41. The normalized spacial score (nSPS) is 14.8. The molecule has 152 valence electrons. The van der Waals surface area contributed by atoms with E-state index in [1.54, 1.807) is 18.2 Å². The molecule has 29 heavy (non-hydrogen) atoms. The molecule has 0 aromatic heterocycles. The van der Waals surface area contributed by atoms with Crippen LogP contribution >= 0.6 is 0 Å². The van der Waals surface area contributed by atoms with Crippen molar-refractivity contribution in [1.82, 2.24) is 10.6 Å². The highest BCUT2D eigenvalue weighted by molar-refractivity contribution is 6.23. The maximum absolute atomic E-state index is 14.5. The average Bonchev–Trinajstić information content (AvgIpc) is 3.45. The number of benzene rings is 2. The van der Waals surface area contributed by atoms with E-state index in [-0.39, 0.29) is 24.0 Å². The molecule has 0 bridgehead atoms. The molecule has 1 aliphatic rings. The molecule has 0 atom stereocenters. The predicted molar refractivity (Wildman–Crippen MR) is 94.1 cm³/mol. The van der Waals surface area contributed by atoms with Gasteiger partial charge in [-0.3, -0.25) is 14.4 Å². The third-order valence-electron chi connectivity index (χ3n) is 4.74. The first-order valence-corrected chi connectivity index (χ1v) is 8.67. The minimum Gasteiger partial charge on any atom is -0.346 e. The Morgan fingerprint density at radius 2 is 1.76 bits per heavy atom. The van der Waals surface area contributed by atoms with Crippen LogP contribution in [0.25, 0.3) is 0 Å². The zero-order valence-electron chi connectivity index (χ0n) is 15.0. The predicted octanol–water partition coefficient (Wildman–Crippen LogP) is 3.08. The number of amides is 2. The van der Waals surface area contributed by atoms with E-state index < -0.39 is 34.9 Å². The van der Waals surface area contributed by atoms with Gasteiger partial charge in [-0.05, 0) is 30.5 Å². The molecule has 1 saturated carbocycles. The topological polar surface area (TPSA) is 75.3 Å². The summed E-state index contributed by atoms with van der Waals surface area (Å²) in [6.45, 7) is -0.0912. The molecule has 2 aromatic rings. The summed E-state index contributed by atoms with van der Waals surface area (Å²) in [4.78, 5) is 34.3. The first kappa shape index (κ1) is 20.5. The van der Waals surface area contributed by atoms with Crippen LogP contribution in [-0.2, 0) is 27.8 Å². The minimum absolute atomic E-state index is 0.0912. The number of hydrogen-bond donors (Lipinski definition) is 2. The van der Waals surface area contributed by atoms with E-state index in [2.05, 4.69) is 10.6 Å². The lowest BCUT2D eigenvalue weighted by atomic mass is 9.99. The van der Waals surface area contributed by atoms with Crippen LogP contribution in [0.5, 0.6) is 0 Å². The van der Waals surface area contributed by atoms with Gasteiger partial charge in [-0.1, -0.05) is 30.3 Å². The Hall–Kier alpha value is -3.23. The van der Waals surface area contributed by atoms with Gasteiger partial charge in [-0.15, -0.1) is 0 Å². The van der Waals surface area contributed by atoms with Gasteiger partial charge >= 0.3 is 6.18 Å². The fourth-order valence-corrected chi connectivity index (χ4v) is 3.11. The van der Waals surface area contributed by atoms with Crippen LogP contribution in [0.15, 0.2) is 42.5 Å². The fraction of sp³-hybridized carbons (Fsp3) is 0.250. The van der Waals surface area contributed by atoms with Gasteiger partial charge in [0.2, 0.25) is 6.29 Å². The van der Waals surface area contributed by atoms with Gasteiger partial charge in [0.05, 0.1) is 11.1 Å². The second-order valence-corrected chi connectivity index (χ2v) is 6.69. The van der Waals surface area contributed by atoms with Crippen molar-refractivity contribution in [3.63, 3.8) is 0 Å². The van der Waals surface area contributed by atoms with Gasteiger partial charge in [-0.25, -0.2) is 4.39 Å². The molecule has 0 aliphatic heterocycles. The van der Waals surface area contributed by atoms with Crippen LogP contribution in [0.4, 0.5) is 17.6 Å². The second kappa shape index (κ2) is 7.65. The van der Waals surface area contributed by atoms with Crippen LogP contribution in [0.3, 0.4) is 0 Å². The lowest BCUT2D eigenvalue weighted by Crippen LogP contribution is -2.37. The molecule has 0 unspecified atom stereocenters. The number of rotatable bonds is 6. The Bertz CT molecular complexity index is 968. The number of halogens is 4. The van der Waals surface area contributed by atoms with E-state index in [9.17, 15) is 31.9 Å². The highest BCUT2D eigenvalue weighted by Crippen LogP contribution is 2.48. The van der Waals surface area contributed by atoms with Crippen LogP contribution in [0.2, 0.25) is 0 Å². The molecule has 5 nitrogen and oxygen atoms in total. The molecule has 2 amide bonds. The summed E-state index contributed by atoms with van der Waals surface area (Å²) in [6.07, 6.45) is -4.16. The average molecular weight is 408 g/mol. The van der Waals surface area contributed by atoms with Gasteiger partial charge in [0.1, 0.15) is 5.82 Å². The first-order chi connectivity index (χ1) is 13.7. The summed E-state index contributed by atoms with van der Waals surface area (Å²) in [7, 11) is 0. The maximum Gasteiger partial charge on any atom is 0.419 e. The van der Waals surface area contributed by atoms with E-state index in [0.717, 1.165) is 6.07 Å². The summed E-state index contributed by atoms with van der Waals surface area (Å²) < 4.78 is 53.6. The van der Waals surface area contributed by atoms with Gasteiger partial charge < -0.3 is 10.6 Å². The third kappa shape index (κ3) is 4.28. The van der Waals surface area contributed by atoms with Gasteiger partial charge in [0.25, 0.3) is 11.8 Å². The molecule has 9 heteroatoms. The van der Waals surface area contributed by atoms with Crippen molar-refractivity contribution in [2.24, 2.45) is 0 Å². The molecule has 0 spiro atoms. The highest BCUT2D eigenvalue weighted by Gasteiger charge is 2.49. The monoisotopic (exact) mass is 408 g/mol. The Balaban J connectivity index is 1.85. The van der Waals surface area contributed by atoms with E-state index in [1.165, 1.54) is 12.1 Å². The standard InChI is InChI=1S/C20H16F4N2O3/c21-17-14(6-3-7-15(17)20(22,23)24)19(8-9-19)26-18(29)13-5-2-1-4-12(13)10-25-16(28)11-27/h1-7,11H,8-10H2,(H,25,28)(H,26,29). The zero-order valence-corrected chi connectivity index (χ0v) is 15.0. The molecular weight excluding hydrogens is 392 g/mol. The summed E-state index contributed by atoms with van der Waals surface area (Å²) >= 11 is 0. The number of alkyl halides is 3. The molecular formula is C20H16F4N2O3. The fourth-order valence-electron chi connectivity index (χ4n) is 3.11. The third-order valence-corrected chi connectivity index (χ3v) is 4.74. The SMILES string of the molecule is O=CC(=O)NCc1ccccc1C(=O)NC1(c2cccc(C(F)(F)F)c2F)CC1. The van der Waals surface area contributed by atoms with E-state index in [0.29, 0.717) is 24.5 Å². The summed E-state index contributed by atoms with van der Waals surface area (Å²) in [5.74, 6) is -2.87. The Labute approximate surface area is 163 Å². The van der Waals surface area contributed by atoms with Crippen molar-refractivity contribution in [1.29, 1.82) is 0 Å². The molecule has 3 rings (SSSR count). The van der Waals surface area contributed by atoms with E-state index >= 15 is 0 Å². The summed E-state index contributed by atoms with van der Waals surface area (Å²) in [6, 6.07) is 9.22. The van der Waals surface area contributed by atoms with Crippen LogP contribution in [-0.4, -0.2) is 18.1 Å². The largest absolute Gasteiger partial charge is 0.419 e. The number of nitrogens with one attached hydrogen (secondary N) is 2. The second-order valence-electron chi connectivity index (χ2n) is 6.69. The summed E-state index contributed by atoms with van der Waals surface area (Å²) in [5, 5.41) is 4.95. The molecule has 0 saturated heterocycles. The van der Waals surface area contributed by atoms with Crippen molar-refractivity contribution < 1.29 is 31.9 Å². The minimum atomic E-state index is -4.84. The van der Waals surface area contributed by atoms with E-state index in [4.69, 9.17) is 0 Å². The lowest BCUT2D eigenvalue weighted by molar-refractivity contribution is -0.140. The number of carbonyl (C=O) groups excluding carboxylic acids is 3. The number of carbonyl (C=O) groups is 3. The lowest BCUT2D eigenvalue weighted by Gasteiger charge is -2.21. The first-order valence-electron chi connectivity index (χ1n) is 8.67. The molecule has 1 fully saturated rings. The van der Waals surface area contributed by atoms with E-state index in [1.807, 2.05) is 0 Å². The van der Waals surface area contributed by atoms with Crippen molar-refractivity contribution in [2.75, 3.05) is 0 Å². The van der Waals surface area contributed by atoms with Crippen molar-refractivity contribution in [3.05, 3.63) is 70.5 Å². The van der Waals surface area contributed by atoms with Gasteiger partial charge in [0, 0.05) is 17.7 Å². The Morgan fingerprint density at radius 3 is 2.38 bits per heavy atom. The Morgan fingerprint density at radius 1 is 1.07 bits per heavy atom. The molecule has 1 aliphatic carbocycles. The quantitative estimate of drug-likeness (QED) is 0.438. The maximum atomic E-state index is 14.5. The van der Waals surface area contributed by atoms with Crippen molar-refractivity contribution >= 4 is 18.1 Å². The number of hydrogen-bond acceptors (Lipinski definition) is 3. The number of aldehydes is 1. The molecule has 0 heterocycles. The van der Waals surface area contributed by atoms with Gasteiger partial charge in [0.15, 0.2) is 0 Å². The van der Waals surface area contributed by atoms with Crippen LogP contribution in [0, 0.1) is 5.82 Å². The summed E-state index contributed by atoms with van der Waals surface area (Å²) in [5.41, 5.74) is -2.25.